The largest absolute Gasteiger partial charge is 0.314 e. The maximum atomic E-state index is 12.7. The van der Waals surface area contributed by atoms with Gasteiger partial charge in [0, 0.05) is 31.3 Å². The molecule has 3 rings (SSSR count). The summed E-state index contributed by atoms with van der Waals surface area (Å²) in [6.07, 6.45) is 4.04. The molecule has 2 heterocycles. The van der Waals surface area contributed by atoms with Crippen molar-refractivity contribution in [2.45, 2.75) is 36.6 Å². The summed E-state index contributed by atoms with van der Waals surface area (Å²) < 4.78 is 26.8. The van der Waals surface area contributed by atoms with Crippen molar-refractivity contribution in [3.63, 3.8) is 0 Å². The molecule has 134 valence electrons. The zero-order chi connectivity index (χ0) is 16.4. The first kappa shape index (κ1) is 19.1. The average Bonchev–Trinajstić information content (AvgIpc) is 3.09. The molecule has 0 radical (unpaired) electrons. The van der Waals surface area contributed by atoms with Gasteiger partial charge in [-0.05, 0) is 44.2 Å². The number of hydrogen-bond acceptors (Lipinski definition) is 5. The average molecular weight is 376 g/mol. The molecular weight excluding hydrogens is 354 g/mol. The van der Waals surface area contributed by atoms with E-state index in [1.165, 1.54) is 35.3 Å². The number of nitrogens with one attached hydrogen (secondary N) is 1. The first-order valence-corrected chi connectivity index (χ1v) is 9.40. The van der Waals surface area contributed by atoms with Crippen LogP contribution in [0.5, 0.6) is 0 Å². The zero-order valence-electron chi connectivity index (χ0n) is 13.3. The van der Waals surface area contributed by atoms with Crippen molar-refractivity contribution in [1.82, 2.24) is 9.62 Å². The summed E-state index contributed by atoms with van der Waals surface area (Å²) in [5, 5.41) is 14.3. The molecule has 1 N–H and O–H groups in total. The number of hydrogen-bond donors (Lipinski definition) is 1. The lowest BCUT2D eigenvalue weighted by Gasteiger charge is -2.34. The summed E-state index contributed by atoms with van der Waals surface area (Å²) in [6.45, 7) is 2.01. The summed E-state index contributed by atoms with van der Waals surface area (Å²) in [6, 6.07) is 5.79. The molecule has 2 aliphatic rings. The van der Waals surface area contributed by atoms with E-state index in [1.807, 2.05) is 0 Å². The number of nitrogens with zero attached hydrogens (tertiary/aromatic N) is 2. The minimum Gasteiger partial charge on any atom is -0.314 e. The van der Waals surface area contributed by atoms with Crippen LogP contribution in [0.15, 0.2) is 29.2 Å². The Kier molecular flexibility index (Phi) is 6.19. The van der Waals surface area contributed by atoms with Crippen molar-refractivity contribution in [2.75, 3.05) is 19.6 Å². The van der Waals surface area contributed by atoms with Crippen molar-refractivity contribution in [3.05, 3.63) is 34.4 Å². The smallest absolute Gasteiger partial charge is 0.270 e. The minimum atomic E-state index is -3.66. The normalized spacial score (nSPS) is 22.9. The Morgan fingerprint density at radius 3 is 2.50 bits per heavy atom. The Morgan fingerprint density at radius 2 is 1.92 bits per heavy atom. The number of sulfonamides is 1. The number of nitro groups is 1. The summed E-state index contributed by atoms with van der Waals surface area (Å²) in [5.74, 6) is 0.522. The maximum Gasteiger partial charge on any atom is 0.270 e. The van der Waals surface area contributed by atoms with Crippen LogP contribution in [0.25, 0.3) is 0 Å². The number of piperidine rings is 1. The van der Waals surface area contributed by atoms with Crippen LogP contribution in [-0.4, -0.2) is 43.3 Å². The summed E-state index contributed by atoms with van der Waals surface area (Å²) in [5.41, 5.74) is -0.198. The van der Waals surface area contributed by atoms with E-state index >= 15 is 0 Å². The van der Waals surface area contributed by atoms with E-state index in [2.05, 4.69) is 5.32 Å². The molecule has 0 spiro atoms. The molecule has 0 bridgehead atoms. The van der Waals surface area contributed by atoms with Crippen molar-refractivity contribution >= 4 is 28.1 Å². The van der Waals surface area contributed by atoms with Crippen LogP contribution in [0.2, 0.25) is 0 Å². The predicted octanol–water partition coefficient (Wildman–Crippen LogP) is 2.17. The number of non-ortho nitro benzene ring substituents is 1. The predicted molar refractivity (Wildman–Crippen MR) is 92.9 cm³/mol. The molecular formula is C15H22ClN3O4S. The Labute approximate surface area is 148 Å². The molecule has 9 heteroatoms. The van der Waals surface area contributed by atoms with E-state index in [9.17, 15) is 18.5 Å². The van der Waals surface area contributed by atoms with Crippen LogP contribution in [-0.2, 0) is 10.0 Å². The number of rotatable bonds is 4. The number of benzene rings is 1. The van der Waals surface area contributed by atoms with Gasteiger partial charge in [0.15, 0.2) is 0 Å². The molecule has 0 saturated carbocycles. The third kappa shape index (κ3) is 3.88. The highest BCUT2D eigenvalue weighted by Crippen LogP contribution is 2.29. The van der Waals surface area contributed by atoms with Crippen molar-refractivity contribution in [3.8, 4) is 0 Å². The molecule has 1 aromatic rings. The second kappa shape index (κ2) is 7.77. The Balaban J connectivity index is 0.00000208. The van der Waals surface area contributed by atoms with Gasteiger partial charge < -0.3 is 5.32 Å². The fourth-order valence-electron chi connectivity index (χ4n) is 3.54. The Bertz CT molecular complexity index is 684. The lowest BCUT2D eigenvalue weighted by molar-refractivity contribution is -0.385. The topological polar surface area (TPSA) is 92.5 Å². The van der Waals surface area contributed by atoms with E-state index in [4.69, 9.17) is 0 Å². The molecule has 2 fully saturated rings. The van der Waals surface area contributed by atoms with Crippen molar-refractivity contribution < 1.29 is 13.3 Å². The quantitative estimate of drug-likeness (QED) is 0.643. The number of halogens is 1. The van der Waals surface area contributed by atoms with Crippen LogP contribution in [0.4, 0.5) is 5.69 Å². The Morgan fingerprint density at radius 1 is 1.21 bits per heavy atom. The van der Waals surface area contributed by atoms with Crippen LogP contribution in [0, 0.1) is 16.0 Å². The Hall–Kier alpha value is -1.22. The molecule has 0 aliphatic carbocycles. The van der Waals surface area contributed by atoms with E-state index < -0.39 is 14.9 Å². The van der Waals surface area contributed by atoms with Crippen LogP contribution in [0.1, 0.15) is 25.7 Å². The molecule has 2 saturated heterocycles. The fourth-order valence-corrected chi connectivity index (χ4v) is 5.05. The van der Waals surface area contributed by atoms with E-state index in [0.717, 1.165) is 25.5 Å². The molecule has 1 aromatic carbocycles. The minimum absolute atomic E-state index is 0. The zero-order valence-corrected chi connectivity index (χ0v) is 14.9. The van der Waals surface area contributed by atoms with Crippen molar-refractivity contribution in [1.29, 1.82) is 0 Å². The summed E-state index contributed by atoms with van der Waals surface area (Å²) in [7, 11) is -3.66. The molecule has 1 unspecified atom stereocenters. The molecule has 1 atom stereocenters. The molecule has 2 aliphatic heterocycles. The highest BCUT2D eigenvalue weighted by atomic mass is 35.5. The summed E-state index contributed by atoms with van der Waals surface area (Å²) in [4.78, 5) is 10.3. The van der Waals surface area contributed by atoms with Gasteiger partial charge in [-0.2, -0.15) is 4.31 Å². The standard InChI is InChI=1S/C15H21N3O4S.ClH/c19-18(20)13-3-1-4-14(11-13)23(21,22)17-9-6-12(7-10-17)15-5-2-8-16-15;/h1,3-4,11-12,15-16H,2,5-10H2;1H. The lowest BCUT2D eigenvalue weighted by atomic mass is 9.89. The third-order valence-corrected chi connectivity index (χ3v) is 6.73. The van der Waals surface area contributed by atoms with Gasteiger partial charge >= 0.3 is 0 Å². The second-order valence-corrected chi connectivity index (χ2v) is 8.14. The van der Waals surface area contributed by atoms with E-state index in [1.54, 1.807) is 0 Å². The van der Waals surface area contributed by atoms with Gasteiger partial charge in [-0.25, -0.2) is 8.42 Å². The van der Waals surface area contributed by atoms with E-state index in [0.29, 0.717) is 25.0 Å². The fraction of sp³-hybridized carbons (Fsp3) is 0.600. The summed E-state index contributed by atoms with van der Waals surface area (Å²) >= 11 is 0. The van der Waals surface area contributed by atoms with Crippen LogP contribution >= 0.6 is 12.4 Å². The van der Waals surface area contributed by atoms with Crippen LogP contribution in [0.3, 0.4) is 0 Å². The van der Waals surface area contributed by atoms with Crippen molar-refractivity contribution in [2.24, 2.45) is 5.92 Å². The maximum absolute atomic E-state index is 12.7. The van der Waals surface area contributed by atoms with Gasteiger partial charge in [-0.15, -0.1) is 12.4 Å². The highest BCUT2D eigenvalue weighted by molar-refractivity contribution is 7.89. The van der Waals surface area contributed by atoms with Gasteiger partial charge in [0.2, 0.25) is 10.0 Å². The van der Waals surface area contributed by atoms with Gasteiger partial charge in [0.05, 0.1) is 9.82 Å². The monoisotopic (exact) mass is 375 g/mol. The van der Waals surface area contributed by atoms with Crippen LogP contribution < -0.4 is 5.32 Å². The lowest BCUT2D eigenvalue weighted by Crippen LogP contribution is -2.43. The van der Waals surface area contributed by atoms with Gasteiger partial charge in [0.25, 0.3) is 5.69 Å². The number of nitro benzene ring substituents is 1. The first-order chi connectivity index (χ1) is 11.0. The molecule has 24 heavy (non-hydrogen) atoms. The molecule has 0 aromatic heterocycles. The highest BCUT2D eigenvalue weighted by Gasteiger charge is 2.33. The van der Waals surface area contributed by atoms with Gasteiger partial charge in [-0.1, -0.05) is 6.07 Å². The second-order valence-electron chi connectivity index (χ2n) is 6.20. The molecule has 0 amide bonds. The SMILES string of the molecule is Cl.O=[N+]([O-])c1cccc(S(=O)(=O)N2CCC(C3CCCN3)CC2)c1. The van der Waals surface area contributed by atoms with Gasteiger partial charge in [0.1, 0.15) is 0 Å². The first-order valence-electron chi connectivity index (χ1n) is 7.96. The van der Waals surface area contributed by atoms with Gasteiger partial charge in [-0.3, -0.25) is 10.1 Å². The molecule has 7 nitrogen and oxygen atoms in total. The third-order valence-electron chi connectivity index (χ3n) is 4.83. The van der Waals surface area contributed by atoms with E-state index in [-0.39, 0.29) is 23.0 Å².